The predicted molar refractivity (Wildman–Crippen MR) is 73.8 cm³/mol. The standard InChI is InChI=1S/C14H25NO4/c1-9(2)7-11(12(17)10(3)8-16)15-13(18)19-14(4,5)6/h9,11,16H,3,7-8H2,1-2,4-6H3,(H,15,18)/t11-/m0/s1. The van der Waals surface area contributed by atoms with E-state index in [1.165, 1.54) is 0 Å². The molecule has 0 radical (unpaired) electrons. The third-order valence-electron chi connectivity index (χ3n) is 2.25. The molecule has 0 aliphatic carbocycles. The highest BCUT2D eigenvalue weighted by Crippen LogP contribution is 2.12. The number of ketones is 1. The fourth-order valence-corrected chi connectivity index (χ4v) is 1.48. The second-order valence-electron chi connectivity index (χ2n) is 5.95. The molecule has 1 atom stereocenters. The Kier molecular flexibility index (Phi) is 6.76. The number of rotatable bonds is 6. The smallest absolute Gasteiger partial charge is 0.408 e. The van der Waals surface area contributed by atoms with Crippen molar-refractivity contribution in [2.45, 2.75) is 52.7 Å². The van der Waals surface area contributed by atoms with E-state index in [4.69, 9.17) is 9.84 Å². The van der Waals surface area contributed by atoms with Crippen molar-refractivity contribution in [3.63, 3.8) is 0 Å². The van der Waals surface area contributed by atoms with Gasteiger partial charge in [-0.1, -0.05) is 20.4 Å². The van der Waals surface area contributed by atoms with Gasteiger partial charge in [0.05, 0.1) is 12.6 Å². The highest BCUT2D eigenvalue weighted by atomic mass is 16.6. The molecule has 0 aromatic rings. The van der Waals surface area contributed by atoms with Gasteiger partial charge in [-0.25, -0.2) is 4.79 Å². The SMILES string of the molecule is C=C(CO)C(=O)[C@H](CC(C)C)NC(=O)OC(C)(C)C. The van der Waals surface area contributed by atoms with E-state index in [0.717, 1.165) is 0 Å². The zero-order valence-corrected chi connectivity index (χ0v) is 12.4. The van der Waals surface area contributed by atoms with Gasteiger partial charge in [-0.15, -0.1) is 0 Å². The first-order valence-electron chi connectivity index (χ1n) is 6.39. The van der Waals surface area contributed by atoms with Crippen LogP contribution in [0.1, 0.15) is 41.0 Å². The van der Waals surface area contributed by atoms with E-state index in [2.05, 4.69) is 11.9 Å². The molecule has 0 spiro atoms. The summed E-state index contributed by atoms with van der Waals surface area (Å²) >= 11 is 0. The number of aliphatic hydroxyl groups is 1. The lowest BCUT2D eigenvalue weighted by molar-refractivity contribution is -0.118. The van der Waals surface area contributed by atoms with Crippen LogP contribution in [0.2, 0.25) is 0 Å². The van der Waals surface area contributed by atoms with E-state index in [0.29, 0.717) is 6.42 Å². The second-order valence-corrected chi connectivity index (χ2v) is 5.95. The monoisotopic (exact) mass is 271 g/mol. The van der Waals surface area contributed by atoms with E-state index in [1.54, 1.807) is 20.8 Å². The van der Waals surface area contributed by atoms with Crippen LogP contribution in [0.15, 0.2) is 12.2 Å². The number of hydrogen-bond donors (Lipinski definition) is 2. The minimum Gasteiger partial charge on any atom is -0.444 e. The summed E-state index contributed by atoms with van der Waals surface area (Å²) in [4.78, 5) is 23.7. The van der Waals surface area contributed by atoms with Gasteiger partial charge in [-0.2, -0.15) is 0 Å². The van der Waals surface area contributed by atoms with Crippen LogP contribution in [0.5, 0.6) is 0 Å². The molecular weight excluding hydrogens is 246 g/mol. The normalized spacial score (nSPS) is 13.0. The molecule has 0 aromatic carbocycles. The average molecular weight is 271 g/mol. The van der Waals surface area contributed by atoms with Gasteiger partial charge in [0.25, 0.3) is 0 Å². The van der Waals surface area contributed by atoms with Crippen LogP contribution in [0, 0.1) is 5.92 Å². The molecular formula is C14H25NO4. The molecule has 0 unspecified atom stereocenters. The van der Waals surface area contributed by atoms with Gasteiger partial charge in [-0.3, -0.25) is 4.79 Å². The first-order valence-corrected chi connectivity index (χ1v) is 6.39. The molecule has 5 nitrogen and oxygen atoms in total. The minimum absolute atomic E-state index is 0.0849. The number of amides is 1. The maximum absolute atomic E-state index is 12.0. The number of ether oxygens (including phenoxy) is 1. The molecule has 0 aromatic heterocycles. The Morgan fingerprint density at radius 3 is 2.21 bits per heavy atom. The molecule has 1 amide bonds. The number of carbonyl (C=O) groups excluding carboxylic acids is 2. The van der Waals surface area contributed by atoms with Crippen molar-refractivity contribution in [3.05, 3.63) is 12.2 Å². The summed E-state index contributed by atoms with van der Waals surface area (Å²) in [5.41, 5.74) is -0.537. The van der Waals surface area contributed by atoms with E-state index < -0.39 is 24.3 Å². The van der Waals surface area contributed by atoms with Gasteiger partial charge in [0.15, 0.2) is 5.78 Å². The molecule has 19 heavy (non-hydrogen) atoms. The van der Waals surface area contributed by atoms with Gasteiger partial charge < -0.3 is 15.2 Å². The summed E-state index contributed by atoms with van der Waals surface area (Å²) in [5, 5.41) is 11.5. The van der Waals surface area contributed by atoms with Crippen molar-refractivity contribution in [3.8, 4) is 0 Å². The largest absolute Gasteiger partial charge is 0.444 e. The average Bonchev–Trinajstić information content (AvgIpc) is 2.22. The van der Waals surface area contributed by atoms with E-state index >= 15 is 0 Å². The molecule has 5 heteroatoms. The van der Waals surface area contributed by atoms with E-state index in [9.17, 15) is 9.59 Å². The summed E-state index contributed by atoms with van der Waals surface area (Å²) in [6.45, 7) is 12.2. The molecule has 0 bridgehead atoms. The quantitative estimate of drug-likeness (QED) is 0.725. The van der Waals surface area contributed by atoms with Crippen LogP contribution in [-0.4, -0.2) is 35.2 Å². The number of alkyl carbamates (subject to hydrolysis) is 1. The maximum atomic E-state index is 12.0. The Morgan fingerprint density at radius 1 is 1.32 bits per heavy atom. The van der Waals surface area contributed by atoms with Crippen molar-refractivity contribution >= 4 is 11.9 Å². The molecule has 2 N–H and O–H groups in total. The van der Waals surface area contributed by atoms with Gasteiger partial charge in [0.2, 0.25) is 0 Å². The van der Waals surface area contributed by atoms with Crippen molar-refractivity contribution < 1.29 is 19.4 Å². The van der Waals surface area contributed by atoms with Crippen LogP contribution < -0.4 is 5.32 Å². The zero-order valence-electron chi connectivity index (χ0n) is 12.4. The van der Waals surface area contributed by atoms with Crippen LogP contribution in [0.4, 0.5) is 4.79 Å². The third kappa shape index (κ3) is 7.62. The lowest BCUT2D eigenvalue weighted by Crippen LogP contribution is -2.44. The Labute approximate surface area is 115 Å². The second kappa shape index (κ2) is 7.28. The van der Waals surface area contributed by atoms with Crippen LogP contribution in [-0.2, 0) is 9.53 Å². The van der Waals surface area contributed by atoms with E-state index in [-0.39, 0.29) is 17.3 Å². The Hall–Kier alpha value is -1.36. The molecule has 0 saturated heterocycles. The lowest BCUT2D eigenvalue weighted by atomic mass is 9.97. The summed E-state index contributed by atoms with van der Waals surface area (Å²) in [6.07, 6.45) is -0.172. The van der Waals surface area contributed by atoms with Crippen LogP contribution >= 0.6 is 0 Å². The molecule has 0 aliphatic heterocycles. The van der Waals surface area contributed by atoms with Crippen LogP contribution in [0.3, 0.4) is 0 Å². The number of hydrogen-bond acceptors (Lipinski definition) is 4. The molecule has 0 fully saturated rings. The topological polar surface area (TPSA) is 75.6 Å². The molecule has 0 aliphatic rings. The van der Waals surface area contributed by atoms with Crippen LogP contribution in [0.25, 0.3) is 0 Å². The van der Waals surface area contributed by atoms with E-state index in [1.807, 2.05) is 13.8 Å². The lowest BCUT2D eigenvalue weighted by Gasteiger charge is -2.24. The molecule has 0 rings (SSSR count). The van der Waals surface area contributed by atoms with Crippen molar-refractivity contribution in [1.29, 1.82) is 0 Å². The number of Topliss-reactive ketones (excluding diaryl/α,β-unsaturated/α-hetero) is 1. The molecule has 0 heterocycles. The summed E-state index contributed by atoms with van der Waals surface area (Å²) in [7, 11) is 0. The fourth-order valence-electron chi connectivity index (χ4n) is 1.48. The van der Waals surface area contributed by atoms with Gasteiger partial charge in [-0.05, 0) is 33.1 Å². The first kappa shape index (κ1) is 17.6. The predicted octanol–water partition coefficient (Wildman–Crippen LogP) is 2.04. The molecule has 0 saturated carbocycles. The van der Waals surface area contributed by atoms with Crippen molar-refractivity contribution in [1.82, 2.24) is 5.32 Å². The highest BCUT2D eigenvalue weighted by Gasteiger charge is 2.26. The summed E-state index contributed by atoms with van der Waals surface area (Å²) < 4.78 is 5.12. The zero-order chi connectivity index (χ0) is 15.2. The minimum atomic E-state index is -0.713. The Bertz CT molecular complexity index is 342. The number of nitrogens with one attached hydrogen (secondary N) is 1. The molecule has 110 valence electrons. The highest BCUT2D eigenvalue weighted by molar-refractivity contribution is 6.00. The first-order chi connectivity index (χ1) is 8.56. The maximum Gasteiger partial charge on any atom is 0.408 e. The number of carbonyl (C=O) groups is 2. The fraction of sp³-hybridized carbons (Fsp3) is 0.714. The summed E-state index contributed by atoms with van der Waals surface area (Å²) in [5.74, 6) is -0.141. The number of aliphatic hydroxyl groups excluding tert-OH is 1. The summed E-state index contributed by atoms with van der Waals surface area (Å²) in [6, 6.07) is -0.713. The van der Waals surface area contributed by atoms with Gasteiger partial charge in [0.1, 0.15) is 5.60 Å². The van der Waals surface area contributed by atoms with Gasteiger partial charge >= 0.3 is 6.09 Å². The Balaban J connectivity index is 4.73. The Morgan fingerprint density at radius 2 is 1.84 bits per heavy atom. The van der Waals surface area contributed by atoms with Gasteiger partial charge in [0, 0.05) is 5.57 Å². The van der Waals surface area contributed by atoms with Crippen molar-refractivity contribution in [2.75, 3.05) is 6.61 Å². The third-order valence-corrected chi connectivity index (χ3v) is 2.25. The van der Waals surface area contributed by atoms with Crippen molar-refractivity contribution in [2.24, 2.45) is 5.92 Å².